The molecule has 0 spiro atoms. The van der Waals surface area contributed by atoms with Gasteiger partial charge in [0.05, 0.1) is 16.5 Å². The monoisotopic (exact) mass is 249 g/mol. The molecule has 88 valence electrons. The van der Waals surface area contributed by atoms with Crippen molar-refractivity contribution in [1.82, 2.24) is 4.57 Å². The minimum Gasteiger partial charge on any atom is -0.481 e. The highest BCUT2D eigenvalue weighted by atomic mass is 35.5. The van der Waals surface area contributed by atoms with E-state index in [2.05, 4.69) is 10.6 Å². The molecular formula is C13H12ClNO2. The van der Waals surface area contributed by atoms with Gasteiger partial charge in [-0.05, 0) is 18.6 Å². The molecule has 1 unspecified atom stereocenters. The Balaban J connectivity index is 2.14. The van der Waals surface area contributed by atoms with E-state index in [1.54, 1.807) is 0 Å². The quantitative estimate of drug-likeness (QED) is 0.844. The molecule has 2 aromatic rings. The van der Waals surface area contributed by atoms with Crippen molar-refractivity contribution in [3.63, 3.8) is 0 Å². The maximum atomic E-state index is 11.0. The summed E-state index contributed by atoms with van der Waals surface area (Å²) in [7, 11) is 0. The Morgan fingerprint density at radius 2 is 2.29 bits per heavy atom. The van der Waals surface area contributed by atoms with Crippen LogP contribution in [0.25, 0.3) is 10.9 Å². The molecule has 1 aliphatic rings. The van der Waals surface area contributed by atoms with Gasteiger partial charge in [-0.15, -0.1) is 0 Å². The van der Waals surface area contributed by atoms with Crippen molar-refractivity contribution in [1.29, 1.82) is 0 Å². The highest BCUT2D eigenvalue weighted by Gasteiger charge is 2.25. The summed E-state index contributed by atoms with van der Waals surface area (Å²) in [5, 5.41) is 10.9. The number of para-hydroxylation sites is 1. The number of carboxylic acid groups (broad SMARTS) is 1. The van der Waals surface area contributed by atoms with Gasteiger partial charge in [-0.2, -0.15) is 0 Å². The van der Waals surface area contributed by atoms with Crippen molar-refractivity contribution in [3.8, 4) is 0 Å². The number of fused-ring (bicyclic) bond motifs is 3. The van der Waals surface area contributed by atoms with Crippen LogP contribution in [0.1, 0.15) is 12.1 Å². The highest BCUT2D eigenvalue weighted by molar-refractivity contribution is 6.35. The number of carboxylic acids is 1. The zero-order chi connectivity index (χ0) is 12.0. The van der Waals surface area contributed by atoms with Crippen LogP contribution < -0.4 is 0 Å². The zero-order valence-corrected chi connectivity index (χ0v) is 9.94. The fraction of sp³-hybridized carbons (Fsp3) is 0.308. The first-order valence-electron chi connectivity index (χ1n) is 5.66. The third kappa shape index (κ3) is 1.62. The molecule has 17 heavy (non-hydrogen) atoms. The average Bonchev–Trinajstić information content (AvgIpc) is 2.67. The van der Waals surface area contributed by atoms with Crippen LogP contribution in [-0.2, 0) is 17.8 Å². The van der Waals surface area contributed by atoms with Crippen LogP contribution in [0.3, 0.4) is 0 Å². The maximum absolute atomic E-state index is 11.0. The van der Waals surface area contributed by atoms with E-state index in [-0.39, 0.29) is 5.92 Å². The average molecular weight is 250 g/mol. The normalized spacial score (nSPS) is 19.2. The van der Waals surface area contributed by atoms with Gasteiger partial charge < -0.3 is 9.67 Å². The van der Waals surface area contributed by atoms with Crippen LogP contribution in [-0.4, -0.2) is 15.6 Å². The van der Waals surface area contributed by atoms with Gasteiger partial charge in [0.1, 0.15) is 0 Å². The molecule has 1 N–H and O–H groups in total. The number of carbonyl (C=O) groups is 1. The summed E-state index contributed by atoms with van der Waals surface area (Å²) in [5.74, 6) is -0.960. The van der Waals surface area contributed by atoms with Gasteiger partial charge in [0, 0.05) is 24.0 Å². The molecule has 4 heteroatoms. The molecule has 0 fully saturated rings. The number of rotatable bonds is 1. The number of halogens is 1. The maximum Gasteiger partial charge on any atom is 0.306 e. The topological polar surface area (TPSA) is 42.2 Å². The molecule has 3 rings (SSSR count). The molecule has 1 aliphatic heterocycles. The summed E-state index contributed by atoms with van der Waals surface area (Å²) < 4.78 is 2.15. The summed E-state index contributed by atoms with van der Waals surface area (Å²) in [6.07, 6.45) is 1.28. The Labute approximate surface area is 104 Å². The molecule has 0 saturated carbocycles. The molecule has 1 atom stereocenters. The molecule has 0 aliphatic carbocycles. The number of aromatic nitrogens is 1. The van der Waals surface area contributed by atoms with E-state index in [0.29, 0.717) is 12.8 Å². The van der Waals surface area contributed by atoms with Crippen molar-refractivity contribution in [2.75, 3.05) is 0 Å². The van der Waals surface area contributed by atoms with Gasteiger partial charge in [0.15, 0.2) is 0 Å². The molecule has 2 heterocycles. The Morgan fingerprint density at radius 3 is 3.06 bits per heavy atom. The number of hydrogen-bond donors (Lipinski definition) is 1. The number of benzene rings is 1. The van der Waals surface area contributed by atoms with Gasteiger partial charge in [0.25, 0.3) is 0 Å². The molecule has 1 aromatic carbocycles. The Morgan fingerprint density at radius 1 is 1.47 bits per heavy atom. The molecular weight excluding hydrogens is 238 g/mol. The lowest BCUT2D eigenvalue weighted by molar-refractivity contribution is -0.142. The lowest BCUT2D eigenvalue weighted by Gasteiger charge is -2.21. The Hall–Kier alpha value is -1.48. The van der Waals surface area contributed by atoms with Crippen molar-refractivity contribution in [2.45, 2.75) is 19.4 Å². The summed E-state index contributed by atoms with van der Waals surface area (Å²) >= 11 is 6.20. The van der Waals surface area contributed by atoms with E-state index in [4.69, 9.17) is 16.7 Å². The van der Waals surface area contributed by atoms with Crippen LogP contribution in [0.5, 0.6) is 0 Å². The smallest absolute Gasteiger partial charge is 0.306 e. The summed E-state index contributed by atoms with van der Waals surface area (Å²) in [4.78, 5) is 11.0. The third-order valence-corrected chi connectivity index (χ3v) is 3.77. The summed E-state index contributed by atoms with van der Waals surface area (Å²) in [6, 6.07) is 7.87. The van der Waals surface area contributed by atoms with Crippen molar-refractivity contribution >= 4 is 28.5 Å². The van der Waals surface area contributed by atoms with Crippen molar-refractivity contribution in [2.24, 2.45) is 5.92 Å². The second kappa shape index (κ2) is 3.77. The second-order valence-corrected chi connectivity index (χ2v) is 4.90. The number of aliphatic carboxylic acids is 1. The van der Waals surface area contributed by atoms with Gasteiger partial charge in [0.2, 0.25) is 0 Å². The number of aryl methyl sites for hydroxylation is 1. The van der Waals surface area contributed by atoms with Gasteiger partial charge in [-0.25, -0.2) is 0 Å². The van der Waals surface area contributed by atoms with Crippen molar-refractivity contribution < 1.29 is 9.90 Å². The molecule has 3 nitrogen and oxygen atoms in total. The minimum atomic E-state index is -0.701. The first kappa shape index (κ1) is 10.7. The van der Waals surface area contributed by atoms with E-state index in [1.165, 1.54) is 0 Å². The molecule has 0 bridgehead atoms. The van der Waals surface area contributed by atoms with Crippen LogP contribution in [0.4, 0.5) is 0 Å². The van der Waals surface area contributed by atoms with E-state index in [9.17, 15) is 4.79 Å². The first-order chi connectivity index (χ1) is 8.16. The standard InChI is InChI=1S/C13H12ClNO2/c14-11-3-1-2-8-6-10-7-9(13(16)17)4-5-15(10)12(8)11/h1-3,6,9H,4-5,7H2,(H,16,17). The number of hydrogen-bond acceptors (Lipinski definition) is 1. The zero-order valence-electron chi connectivity index (χ0n) is 9.19. The van der Waals surface area contributed by atoms with Crippen LogP contribution in [0.2, 0.25) is 5.02 Å². The molecule has 1 aromatic heterocycles. The predicted octanol–water partition coefficient (Wildman–Crippen LogP) is 2.94. The lowest BCUT2D eigenvalue weighted by Crippen LogP contribution is -2.25. The number of nitrogens with zero attached hydrogens (tertiary/aromatic N) is 1. The second-order valence-electron chi connectivity index (χ2n) is 4.49. The van der Waals surface area contributed by atoms with Crippen LogP contribution in [0.15, 0.2) is 24.3 Å². The van der Waals surface area contributed by atoms with E-state index >= 15 is 0 Å². The summed E-state index contributed by atoms with van der Waals surface area (Å²) in [5.41, 5.74) is 2.11. The Kier molecular flexibility index (Phi) is 2.37. The summed E-state index contributed by atoms with van der Waals surface area (Å²) in [6.45, 7) is 0.736. The predicted molar refractivity (Wildman–Crippen MR) is 66.4 cm³/mol. The third-order valence-electron chi connectivity index (χ3n) is 3.46. The molecule has 0 amide bonds. The van der Waals surface area contributed by atoms with Crippen LogP contribution in [0, 0.1) is 5.92 Å². The van der Waals surface area contributed by atoms with E-state index < -0.39 is 5.97 Å². The van der Waals surface area contributed by atoms with E-state index in [0.717, 1.165) is 28.2 Å². The largest absolute Gasteiger partial charge is 0.481 e. The van der Waals surface area contributed by atoms with Gasteiger partial charge in [-0.1, -0.05) is 23.7 Å². The molecule has 0 saturated heterocycles. The van der Waals surface area contributed by atoms with Gasteiger partial charge in [-0.3, -0.25) is 4.79 Å². The lowest BCUT2D eigenvalue weighted by atomic mass is 9.96. The highest BCUT2D eigenvalue weighted by Crippen LogP contribution is 2.32. The SMILES string of the molecule is O=C(O)C1CCn2c(cc3cccc(Cl)c32)C1. The van der Waals surface area contributed by atoms with Crippen molar-refractivity contribution in [3.05, 3.63) is 35.0 Å². The fourth-order valence-electron chi connectivity index (χ4n) is 2.61. The minimum absolute atomic E-state index is 0.259. The van der Waals surface area contributed by atoms with Gasteiger partial charge >= 0.3 is 5.97 Å². The fourth-order valence-corrected chi connectivity index (χ4v) is 2.89. The van der Waals surface area contributed by atoms with E-state index in [1.807, 2.05) is 18.2 Å². The first-order valence-corrected chi connectivity index (χ1v) is 6.04. The Bertz CT molecular complexity index is 603. The molecule has 0 radical (unpaired) electrons. The van der Waals surface area contributed by atoms with Crippen LogP contribution >= 0.6 is 11.6 Å².